The summed E-state index contributed by atoms with van der Waals surface area (Å²) in [6.45, 7) is -0.0699. The maximum absolute atomic E-state index is 12.2. The maximum Gasteiger partial charge on any atom is 0.236 e. The van der Waals surface area contributed by atoms with Crippen molar-refractivity contribution in [2.75, 3.05) is 13.7 Å². The first-order chi connectivity index (χ1) is 12.5. The minimum atomic E-state index is -0.835. The minimum Gasteiger partial charge on any atom is -0.497 e. The number of benzene rings is 2. The summed E-state index contributed by atoms with van der Waals surface area (Å²) < 4.78 is 10.7. The van der Waals surface area contributed by atoms with Crippen molar-refractivity contribution in [2.24, 2.45) is 0 Å². The van der Waals surface area contributed by atoms with Crippen LogP contribution in [0.2, 0.25) is 0 Å². The smallest absolute Gasteiger partial charge is 0.236 e. The van der Waals surface area contributed by atoms with Crippen LogP contribution in [0.5, 0.6) is 11.5 Å². The average Bonchev–Trinajstić information content (AvgIpc) is 2.97. The van der Waals surface area contributed by atoms with E-state index in [-0.39, 0.29) is 23.5 Å². The van der Waals surface area contributed by atoms with Crippen molar-refractivity contribution in [3.8, 4) is 11.5 Å². The topological polar surface area (TPSA) is 84.9 Å². The van der Waals surface area contributed by atoms with Crippen molar-refractivity contribution in [3.63, 3.8) is 0 Å². The van der Waals surface area contributed by atoms with Crippen molar-refractivity contribution < 1.29 is 24.2 Å². The molecule has 0 radical (unpaired) electrons. The molecule has 6 nitrogen and oxygen atoms in total. The van der Waals surface area contributed by atoms with Crippen molar-refractivity contribution in [1.82, 2.24) is 5.32 Å². The van der Waals surface area contributed by atoms with Crippen LogP contribution in [0.25, 0.3) is 0 Å². The van der Waals surface area contributed by atoms with Crippen molar-refractivity contribution >= 4 is 23.5 Å². The fourth-order valence-corrected chi connectivity index (χ4v) is 3.55. The largest absolute Gasteiger partial charge is 0.497 e. The molecule has 1 saturated heterocycles. The lowest BCUT2D eigenvalue weighted by Crippen LogP contribution is -2.27. The highest BCUT2D eigenvalue weighted by Crippen LogP contribution is 2.25. The molecule has 1 heterocycles. The van der Waals surface area contributed by atoms with Gasteiger partial charge < -0.3 is 19.9 Å². The van der Waals surface area contributed by atoms with E-state index >= 15 is 0 Å². The van der Waals surface area contributed by atoms with Gasteiger partial charge >= 0.3 is 0 Å². The fourth-order valence-electron chi connectivity index (χ4n) is 2.57. The third-order valence-electron chi connectivity index (χ3n) is 3.96. The molecule has 7 heteroatoms. The molecule has 2 N–H and O–H groups in total. The van der Waals surface area contributed by atoms with Gasteiger partial charge in [0.05, 0.1) is 12.4 Å². The first kappa shape index (κ1) is 18.3. The zero-order chi connectivity index (χ0) is 18.5. The summed E-state index contributed by atoms with van der Waals surface area (Å²) in [6, 6.07) is 14.2. The van der Waals surface area contributed by atoms with Gasteiger partial charge in [0.25, 0.3) is 0 Å². The van der Waals surface area contributed by atoms with Crippen LogP contribution >= 0.6 is 11.8 Å². The standard InChI is InChI=1S/C19H19NO5S/c1-24-15-4-2-3-13(10-15)16(21)11-25-14-7-5-12(6-8-14)9-17-18(22)20-19(23)26-17/h2-8,10,17,19,23H,9,11H2,1H3,(H,20,22). The predicted octanol–water partition coefficient (Wildman–Crippen LogP) is 2.01. The van der Waals surface area contributed by atoms with Crippen LogP contribution in [0.1, 0.15) is 15.9 Å². The monoisotopic (exact) mass is 373 g/mol. The van der Waals surface area contributed by atoms with Crippen LogP contribution in [0, 0.1) is 0 Å². The molecule has 0 saturated carbocycles. The molecule has 2 aromatic carbocycles. The Morgan fingerprint density at radius 3 is 2.62 bits per heavy atom. The van der Waals surface area contributed by atoms with Crippen LogP contribution in [0.4, 0.5) is 0 Å². The Labute approximate surface area is 155 Å². The van der Waals surface area contributed by atoms with Crippen LogP contribution in [-0.4, -0.2) is 41.3 Å². The summed E-state index contributed by atoms with van der Waals surface area (Å²) in [5.41, 5.74) is 0.653. The van der Waals surface area contributed by atoms with E-state index < -0.39 is 5.56 Å². The van der Waals surface area contributed by atoms with Gasteiger partial charge in [-0.15, -0.1) is 0 Å². The molecule has 1 aliphatic rings. The van der Waals surface area contributed by atoms with Crippen molar-refractivity contribution in [1.29, 1.82) is 0 Å². The number of Topliss-reactive ketones (excluding diaryl/α,β-unsaturated/α-hetero) is 1. The molecular weight excluding hydrogens is 354 g/mol. The predicted molar refractivity (Wildman–Crippen MR) is 98.5 cm³/mol. The highest BCUT2D eigenvalue weighted by atomic mass is 32.2. The van der Waals surface area contributed by atoms with Gasteiger partial charge in [-0.05, 0) is 36.2 Å². The number of ketones is 1. The van der Waals surface area contributed by atoms with Crippen LogP contribution in [-0.2, 0) is 11.2 Å². The molecule has 136 valence electrons. The third kappa shape index (κ3) is 4.56. The Morgan fingerprint density at radius 2 is 1.96 bits per heavy atom. The molecule has 2 unspecified atom stereocenters. The number of nitrogens with one attached hydrogen (secondary N) is 1. The quantitative estimate of drug-likeness (QED) is 0.722. The highest BCUT2D eigenvalue weighted by molar-refractivity contribution is 8.01. The number of aliphatic hydroxyl groups excluding tert-OH is 1. The molecule has 2 atom stereocenters. The zero-order valence-corrected chi connectivity index (χ0v) is 15.0. The average molecular weight is 373 g/mol. The van der Waals surface area contributed by atoms with Gasteiger partial charge in [-0.25, -0.2) is 0 Å². The Morgan fingerprint density at radius 1 is 1.19 bits per heavy atom. The fraction of sp³-hybridized carbons (Fsp3) is 0.263. The molecule has 0 spiro atoms. The van der Waals surface area contributed by atoms with E-state index in [2.05, 4.69) is 5.32 Å². The molecule has 0 bridgehead atoms. The second-order valence-corrected chi connectivity index (χ2v) is 7.07. The van der Waals surface area contributed by atoms with E-state index in [4.69, 9.17) is 9.47 Å². The SMILES string of the molecule is COc1cccc(C(=O)COc2ccc(CC3SC(O)NC3=O)cc2)c1. The third-order valence-corrected chi connectivity index (χ3v) is 5.04. The molecule has 1 aliphatic heterocycles. The molecule has 0 aromatic heterocycles. The molecule has 1 amide bonds. The molecule has 0 aliphatic carbocycles. The van der Waals surface area contributed by atoms with Gasteiger partial charge in [-0.2, -0.15) is 0 Å². The number of amides is 1. The number of carbonyl (C=O) groups excluding carboxylic acids is 2. The molecule has 2 aromatic rings. The number of hydrogen-bond acceptors (Lipinski definition) is 6. The van der Waals surface area contributed by atoms with E-state index in [9.17, 15) is 14.7 Å². The normalized spacial score (nSPS) is 19.1. The van der Waals surface area contributed by atoms with Gasteiger partial charge in [-0.3, -0.25) is 9.59 Å². The lowest BCUT2D eigenvalue weighted by molar-refractivity contribution is -0.121. The van der Waals surface area contributed by atoms with Gasteiger partial charge in [0.1, 0.15) is 11.5 Å². The lowest BCUT2D eigenvalue weighted by atomic mass is 10.1. The Bertz CT molecular complexity index is 793. The highest BCUT2D eigenvalue weighted by Gasteiger charge is 2.31. The first-order valence-corrected chi connectivity index (χ1v) is 9.02. The van der Waals surface area contributed by atoms with E-state index in [0.717, 1.165) is 5.56 Å². The van der Waals surface area contributed by atoms with E-state index in [1.807, 2.05) is 12.1 Å². The summed E-state index contributed by atoms with van der Waals surface area (Å²) in [6.07, 6.45) is 0.524. The summed E-state index contributed by atoms with van der Waals surface area (Å²) >= 11 is 1.20. The lowest BCUT2D eigenvalue weighted by Gasteiger charge is -2.09. The molecular formula is C19H19NO5S. The Balaban J connectivity index is 1.54. The van der Waals surface area contributed by atoms with Gasteiger partial charge in [-0.1, -0.05) is 36.0 Å². The molecule has 3 rings (SSSR count). The Kier molecular flexibility index (Phi) is 5.80. The summed E-state index contributed by atoms with van der Waals surface area (Å²) in [4.78, 5) is 23.8. The summed E-state index contributed by atoms with van der Waals surface area (Å²) in [7, 11) is 1.55. The van der Waals surface area contributed by atoms with Crippen molar-refractivity contribution in [2.45, 2.75) is 17.2 Å². The number of rotatable bonds is 7. The van der Waals surface area contributed by atoms with E-state index in [1.165, 1.54) is 11.8 Å². The molecule has 26 heavy (non-hydrogen) atoms. The van der Waals surface area contributed by atoms with Crippen LogP contribution < -0.4 is 14.8 Å². The van der Waals surface area contributed by atoms with Gasteiger partial charge in [0.2, 0.25) is 5.91 Å². The van der Waals surface area contributed by atoms with Crippen LogP contribution in [0.3, 0.4) is 0 Å². The minimum absolute atomic E-state index is 0.0699. The van der Waals surface area contributed by atoms with E-state index in [0.29, 0.717) is 23.5 Å². The Hall–Kier alpha value is -2.51. The molecule has 1 fully saturated rings. The van der Waals surface area contributed by atoms with Gasteiger partial charge in [0, 0.05) is 5.56 Å². The number of aliphatic hydroxyl groups is 1. The number of carbonyl (C=O) groups is 2. The summed E-state index contributed by atoms with van der Waals surface area (Å²) in [5, 5.41) is 11.6. The second kappa shape index (κ2) is 8.25. The number of methoxy groups -OCH3 is 1. The van der Waals surface area contributed by atoms with Gasteiger partial charge in [0.15, 0.2) is 18.0 Å². The maximum atomic E-state index is 12.2. The second-order valence-electron chi connectivity index (χ2n) is 5.78. The number of hydrogen-bond donors (Lipinski definition) is 2. The number of thioether (sulfide) groups is 1. The summed E-state index contributed by atoms with van der Waals surface area (Å²) in [5.74, 6) is 0.903. The first-order valence-electron chi connectivity index (χ1n) is 8.08. The zero-order valence-electron chi connectivity index (χ0n) is 14.2. The number of ether oxygens (including phenoxy) is 2. The van der Waals surface area contributed by atoms with Crippen molar-refractivity contribution in [3.05, 3.63) is 59.7 Å². The van der Waals surface area contributed by atoms with E-state index in [1.54, 1.807) is 43.5 Å². The van der Waals surface area contributed by atoms with Crippen LogP contribution in [0.15, 0.2) is 48.5 Å².